The fourth-order valence-electron chi connectivity index (χ4n) is 2.63. The molecule has 2 aromatic heterocycles. The molecule has 0 radical (unpaired) electrons. The molecule has 0 saturated carbocycles. The molecule has 7 heteroatoms. The summed E-state index contributed by atoms with van der Waals surface area (Å²) < 4.78 is 1.35. The van der Waals surface area contributed by atoms with Crippen LogP contribution in [0.25, 0.3) is 0 Å². The third-order valence-electron chi connectivity index (χ3n) is 4.12. The van der Waals surface area contributed by atoms with Gasteiger partial charge in [-0.2, -0.15) is 0 Å². The van der Waals surface area contributed by atoms with Gasteiger partial charge in [-0.05, 0) is 55.3 Å². The zero-order valence-electron chi connectivity index (χ0n) is 15.6. The van der Waals surface area contributed by atoms with Crippen molar-refractivity contribution in [3.63, 3.8) is 0 Å². The summed E-state index contributed by atoms with van der Waals surface area (Å²) in [6.45, 7) is 3.63. The smallest absolute Gasteiger partial charge is 0.256 e. The van der Waals surface area contributed by atoms with Crippen LogP contribution in [0.2, 0.25) is 0 Å². The van der Waals surface area contributed by atoms with Gasteiger partial charge >= 0.3 is 0 Å². The van der Waals surface area contributed by atoms with E-state index in [1.807, 2.05) is 19.9 Å². The quantitative estimate of drug-likeness (QED) is 0.716. The number of amides is 2. The monoisotopic (exact) mass is 376 g/mol. The molecule has 1 aromatic carbocycles. The number of aryl methyl sites for hydroxylation is 2. The zero-order valence-corrected chi connectivity index (χ0v) is 15.6. The van der Waals surface area contributed by atoms with E-state index in [1.54, 1.807) is 48.8 Å². The molecular formula is C21H20N4O3. The number of hydrogen-bond acceptors (Lipinski definition) is 4. The lowest BCUT2D eigenvalue weighted by molar-refractivity contribution is -0.116. The fourth-order valence-corrected chi connectivity index (χ4v) is 2.63. The summed E-state index contributed by atoms with van der Waals surface area (Å²) >= 11 is 0. The Hall–Kier alpha value is -3.74. The first-order valence-electron chi connectivity index (χ1n) is 8.72. The normalized spacial score (nSPS) is 10.4. The molecule has 0 unspecified atom stereocenters. The first-order valence-corrected chi connectivity index (χ1v) is 8.72. The van der Waals surface area contributed by atoms with Crippen LogP contribution in [0.1, 0.15) is 21.5 Å². The molecule has 142 valence electrons. The van der Waals surface area contributed by atoms with Gasteiger partial charge in [-0.15, -0.1) is 0 Å². The Bertz CT molecular complexity index is 1070. The topological polar surface area (TPSA) is 93.1 Å². The van der Waals surface area contributed by atoms with Gasteiger partial charge in [0.05, 0.1) is 0 Å². The fraction of sp³-hybridized carbons (Fsp3) is 0.143. The average molecular weight is 376 g/mol. The van der Waals surface area contributed by atoms with E-state index in [1.165, 1.54) is 10.6 Å². The zero-order chi connectivity index (χ0) is 20.1. The highest BCUT2D eigenvalue weighted by Crippen LogP contribution is 2.14. The number of hydrogen-bond donors (Lipinski definition) is 2. The van der Waals surface area contributed by atoms with Crippen molar-refractivity contribution in [3.05, 3.63) is 88.0 Å². The molecule has 2 N–H and O–H groups in total. The van der Waals surface area contributed by atoms with Crippen LogP contribution in [0.15, 0.2) is 65.7 Å². The number of carbonyl (C=O) groups is 2. The molecule has 0 spiro atoms. The Balaban J connectivity index is 1.63. The van der Waals surface area contributed by atoms with Crippen molar-refractivity contribution in [1.82, 2.24) is 9.55 Å². The van der Waals surface area contributed by atoms with Gasteiger partial charge in [0.25, 0.3) is 11.5 Å². The van der Waals surface area contributed by atoms with Crippen LogP contribution in [0.5, 0.6) is 0 Å². The van der Waals surface area contributed by atoms with Crippen molar-refractivity contribution in [1.29, 1.82) is 0 Å². The Kier molecular flexibility index (Phi) is 5.64. The van der Waals surface area contributed by atoms with E-state index in [-0.39, 0.29) is 23.9 Å². The van der Waals surface area contributed by atoms with Gasteiger partial charge < -0.3 is 15.2 Å². The maximum atomic E-state index is 12.3. The molecule has 0 aliphatic carbocycles. The van der Waals surface area contributed by atoms with Crippen LogP contribution in [0.3, 0.4) is 0 Å². The van der Waals surface area contributed by atoms with Crippen LogP contribution in [0, 0.1) is 13.8 Å². The van der Waals surface area contributed by atoms with Gasteiger partial charge in [-0.25, -0.2) is 4.98 Å². The molecule has 0 fully saturated rings. The van der Waals surface area contributed by atoms with E-state index in [4.69, 9.17) is 0 Å². The predicted molar refractivity (Wildman–Crippen MR) is 107 cm³/mol. The highest BCUT2D eigenvalue weighted by molar-refractivity contribution is 6.04. The summed E-state index contributed by atoms with van der Waals surface area (Å²) in [4.78, 5) is 40.4. The number of anilines is 2. The lowest BCUT2D eigenvalue weighted by Crippen LogP contribution is -2.26. The van der Waals surface area contributed by atoms with E-state index in [0.29, 0.717) is 17.1 Å². The standard InChI is InChI=1S/C21H20N4O3/c1-14-5-10-19(27)25(12-14)13-18(26)23-17-8-6-16(7-9-17)21(28)24-20-15(2)4-3-11-22-20/h3-12H,13H2,1-2H3,(H,23,26)(H,22,24,28). The maximum absolute atomic E-state index is 12.3. The van der Waals surface area contributed by atoms with Crippen LogP contribution >= 0.6 is 0 Å². The van der Waals surface area contributed by atoms with Crippen molar-refractivity contribution >= 4 is 23.3 Å². The Morgan fingerprint density at radius 1 is 1.00 bits per heavy atom. The van der Waals surface area contributed by atoms with Gasteiger partial charge in [-0.3, -0.25) is 14.4 Å². The summed E-state index contributed by atoms with van der Waals surface area (Å²) in [6.07, 6.45) is 3.25. The van der Waals surface area contributed by atoms with Crippen LogP contribution in [0.4, 0.5) is 11.5 Å². The average Bonchev–Trinajstić information content (AvgIpc) is 2.67. The molecule has 3 rings (SSSR count). The molecule has 0 atom stereocenters. The first-order chi connectivity index (χ1) is 13.4. The Morgan fingerprint density at radius 2 is 1.75 bits per heavy atom. The van der Waals surface area contributed by atoms with Crippen LogP contribution in [-0.4, -0.2) is 21.4 Å². The van der Waals surface area contributed by atoms with Crippen molar-refractivity contribution in [2.24, 2.45) is 0 Å². The van der Waals surface area contributed by atoms with Gasteiger partial charge in [0.2, 0.25) is 5.91 Å². The third-order valence-corrected chi connectivity index (χ3v) is 4.12. The number of aromatic nitrogens is 2. The SMILES string of the molecule is Cc1ccc(=O)n(CC(=O)Nc2ccc(C(=O)Nc3ncccc3C)cc2)c1. The van der Waals surface area contributed by atoms with Crippen molar-refractivity contribution in [2.45, 2.75) is 20.4 Å². The van der Waals surface area contributed by atoms with Gasteiger partial charge in [-0.1, -0.05) is 12.1 Å². The number of nitrogens with one attached hydrogen (secondary N) is 2. The Labute approximate surface area is 162 Å². The van der Waals surface area contributed by atoms with E-state index in [2.05, 4.69) is 15.6 Å². The van der Waals surface area contributed by atoms with Gasteiger partial charge in [0.15, 0.2) is 0 Å². The van der Waals surface area contributed by atoms with Crippen LogP contribution in [-0.2, 0) is 11.3 Å². The predicted octanol–water partition coefficient (Wildman–Crippen LogP) is 2.75. The summed E-state index contributed by atoms with van der Waals surface area (Å²) in [7, 11) is 0. The molecule has 2 heterocycles. The van der Waals surface area contributed by atoms with Crippen LogP contribution < -0.4 is 16.2 Å². The number of pyridine rings is 2. The van der Waals surface area contributed by atoms with Gasteiger partial charge in [0.1, 0.15) is 12.4 Å². The number of carbonyl (C=O) groups excluding carboxylic acids is 2. The van der Waals surface area contributed by atoms with Crippen molar-refractivity contribution in [3.8, 4) is 0 Å². The largest absolute Gasteiger partial charge is 0.325 e. The second-order valence-electron chi connectivity index (χ2n) is 6.42. The summed E-state index contributed by atoms with van der Waals surface area (Å²) in [6, 6.07) is 13.3. The molecule has 2 amide bonds. The number of benzene rings is 1. The minimum atomic E-state index is -0.325. The highest BCUT2D eigenvalue weighted by atomic mass is 16.2. The minimum Gasteiger partial charge on any atom is -0.325 e. The minimum absolute atomic E-state index is 0.0816. The van der Waals surface area contributed by atoms with E-state index in [9.17, 15) is 14.4 Å². The van der Waals surface area contributed by atoms with Gasteiger partial charge in [0, 0.05) is 29.7 Å². The molecule has 0 aliphatic rings. The van der Waals surface area contributed by atoms with Crippen molar-refractivity contribution in [2.75, 3.05) is 10.6 Å². The molecule has 28 heavy (non-hydrogen) atoms. The second-order valence-corrected chi connectivity index (χ2v) is 6.42. The van der Waals surface area contributed by atoms with Crippen molar-refractivity contribution < 1.29 is 9.59 Å². The van der Waals surface area contributed by atoms with E-state index < -0.39 is 0 Å². The maximum Gasteiger partial charge on any atom is 0.256 e. The third kappa shape index (κ3) is 4.70. The molecule has 0 saturated heterocycles. The summed E-state index contributed by atoms with van der Waals surface area (Å²) in [5, 5.41) is 5.47. The Morgan fingerprint density at radius 3 is 2.46 bits per heavy atom. The molecular weight excluding hydrogens is 356 g/mol. The molecule has 0 bridgehead atoms. The number of rotatable bonds is 5. The summed E-state index contributed by atoms with van der Waals surface area (Å²) in [5.74, 6) is -0.103. The highest BCUT2D eigenvalue weighted by Gasteiger charge is 2.10. The molecule has 7 nitrogen and oxygen atoms in total. The van der Waals surface area contributed by atoms with E-state index >= 15 is 0 Å². The lowest BCUT2D eigenvalue weighted by atomic mass is 10.2. The second kappa shape index (κ2) is 8.30. The molecule has 3 aromatic rings. The summed E-state index contributed by atoms with van der Waals surface area (Å²) in [5.41, 5.74) is 2.50. The first kappa shape index (κ1) is 19.0. The molecule has 0 aliphatic heterocycles. The van der Waals surface area contributed by atoms with E-state index in [0.717, 1.165) is 11.1 Å². The lowest BCUT2D eigenvalue weighted by Gasteiger charge is -2.09. The number of nitrogens with zero attached hydrogens (tertiary/aromatic N) is 2.